The number of hydrogen-bond donors (Lipinski definition) is 0. The van der Waals surface area contributed by atoms with Gasteiger partial charge in [-0.15, -0.1) is 0 Å². The highest BCUT2D eigenvalue weighted by Gasteiger charge is 2.35. The summed E-state index contributed by atoms with van der Waals surface area (Å²) in [7, 11) is 0. The molecule has 4 rings (SSSR count). The number of fused-ring (bicyclic) bond motifs is 1. The van der Waals surface area contributed by atoms with Gasteiger partial charge in [-0.05, 0) is 49.0 Å². The summed E-state index contributed by atoms with van der Waals surface area (Å²) in [5, 5.41) is 0. The molecule has 0 saturated heterocycles. The maximum Gasteiger partial charge on any atom is 0.261 e. The van der Waals surface area contributed by atoms with E-state index in [1.165, 1.54) is 11.2 Å². The molecule has 1 aliphatic carbocycles. The molecule has 0 bridgehead atoms. The van der Waals surface area contributed by atoms with Crippen LogP contribution in [0, 0.1) is 5.92 Å². The van der Waals surface area contributed by atoms with E-state index in [4.69, 9.17) is 0 Å². The molecule has 1 unspecified atom stereocenters. The van der Waals surface area contributed by atoms with Gasteiger partial charge in [-0.3, -0.25) is 18.9 Å². The van der Waals surface area contributed by atoms with Crippen LogP contribution in [0.3, 0.4) is 0 Å². The zero-order chi connectivity index (χ0) is 18.1. The predicted molar refractivity (Wildman–Crippen MR) is 94.0 cm³/mol. The minimum atomic E-state index is -0.298. The molecule has 2 heterocycles. The van der Waals surface area contributed by atoms with Gasteiger partial charge in [0, 0.05) is 0 Å². The Kier molecular flexibility index (Phi) is 4.32. The Morgan fingerprint density at radius 1 is 1.12 bits per heavy atom. The van der Waals surface area contributed by atoms with Gasteiger partial charge in [0.2, 0.25) is 0 Å². The van der Waals surface area contributed by atoms with Crippen LogP contribution in [-0.2, 0) is 6.54 Å². The molecule has 0 N–H and O–H groups in total. The molecule has 0 fully saturated rings. The second kappa shape index (κ2) is 6.78. The molecule has 2 aliphatic rings. The molecule has 1 aromatic carbocycles. The summed E-state index contributed by atoms with van der Waals surface area (Å²) in [6, 6.07) is 8.63. The molecule has 1 aliphatic heterocycles. The van der Waals surface area contributed by atoms with E-state index >= 15 is 0 Å². The van der Waals surface area contributed by atoms with Crippen LogP contribution in [0.4, 0.5) is 4.39 Å². The number of hydrogen-bond acceptors (Lipinski definition) is 4. The Hall–Kier alpha value is -2.89. The lowest BCUT2D eigenvalue weighted by Gasteiger charge is -2.19. The van der Waals surface area contributed by atoms with Crippen LogP contribution in [-0.4, -0.2) is 33.4 Å². The number of carbonyl (C=O) groups excluding carboxylic acids is 2. The number of benzene rings is 1. The maximum atomic E-state index is 12.8. The van der Waals surface area contributed by atoms with Gasteiger partial charge in [0.1, 0.15) is 6.33 Å². The van der Waals surface area contributed by atoms with Crippen molar-refractivity contribution >= 4 is 17.4 Å². The van der Waals surface area contributed by atoms with Crippen molar-refractivity contribution in [3.05, 3.63) is 65.2 Å². The Labute approximate surface area is 150 Å². The average Bonchev–Trinajstić information content (AvgIpc) is 2.93. The monoisotopic (exact) mass is 351 g/mol. The summed E-state index contributed by atoms with van der Waals surface area (Å²) in [4.78, 5) is 34.7. The largest absolute Gasteiger partial charge is 0.269 e. The summed E-state index contributed by atoms with van der Waals surface area (Å²) in [6.45, 7) is -0.180. The number of nitrogens with zero attached hydrogens (tertiary/aromatic N) is 3. The Morgan fingerprint density at radius 3 is 2.46 bits per heavy atom. The average molecular weight is 351 g/mol. The van der Waals surface area contributed by atoms with Crippen molar-refractivity contribution in [2.75, 3.05) is 6.67 Å². The van der Waals surface area contributed by atoms with E-state index in [-0.39, 0.29) is 31.0 Å². The van der Waals surface area contributed by atoms with Gasteiger partial charge in [0.15, 0.2) is 0 Å². The molecule has 2 amide bonds. The first-order chi connectivity index (χ1) is 12.7. The van der Waals surface area contributed by atoms with E-state index in [9.17, 15) is 14.0 Å². The second-order valence-electron chi connectivity index (χ2n) is 6.66. The molecule has 0 saturated carbocycles. The van der Waals surface area contributed by atoms with Crippen LogP contribution in [0.5, 0.6) is 0 Å². The second-order valence-corrected chi connectivity index (χ2v) is 6.66. The van der Waals surface area contributed by atoms with Gasteiger partial charge in [0.25, 0.3) is 11.8 Å². The molecular formula is C20H18FN3O2. The molecule has 26 heavy (non-hydrogen) atoms. The molecule has 132 valence electrons. The Balaban J connectivity index is 1.55. The lowest BCUT2D eigenvalue weighted by atomic mass is 9.89. The number of halogens is 1. The normalized spacial score (nSPS) is 19.5. The van der Waals surface area contributed by atoms with E-state index in [1.54, 1.807) is 24.3 Å². The SMILES string of the molecule is O=C1c2ccccc2C(=O)N1Cc1cc(C2=CCC(CF)CC2)ncn1. The van der Waals surface area contributed by atoms with Crippen molar-refractivity contribution < 1.29 is 14.0 Å². The smallest absolute Gasteiger partial charge is 0.261 e. The van der Waals surface area contributed by atoms with Gasteiger partial charge in [-0.2, -0.15) is 0 Å². The van der Waals surface area contributed by atoms with Crippen LogP contribution in [0.25, 0.3) is 5.57 Å². The minimum absolute atomic E-state index is 0.0957. The first kappa shape index (κ1) is 16.6. The first-order valence-electron chi connectivity index (χ1n) is 8.69. The van der Waals surface area contributed by atoms with Gasteiger partial charge in [-0.1, -0.05) is 18.2 Å². The molecule has 1 aromatic heterocycles. The van der Waals surface area contributed by atoms with Crippen LogP contribution < -0.4 is 0 Å². The lowest BCUT2D eigenvalue weighted by Crippen LogP contribution is -2.29. The number of imide groups is 1. The summed E-state index contributed by atoms with van der Waals surface area (Å²) >= 11 is 0. The number of carbonyl (C=O) groups is 2. The Morgan fingerprint density at radius 2 is 1.85 bits per heavy atom. The fourth-order valence-electron chi connectivity index (χ4n) is 3.47. The zero-order valence-corrected chi connectivity index (χ0v) is 14.2. The fourth-order valence-corrected chi connectivity index (χ4v) is 3.47. The third-order valence-corrected chi connectivity index (χ3v) is 4.99. The highest BCUT2D eigenvalue weighted by molar-refractivity contribution is 6.21. The third kappa shape index (κ3) is 2.92. The first-order valence-corrected chi connectivity index (χ1v) is 8.69. The van der Waals surface area contributed by atoms with Crippen LogP contribution in [0.15, 0.2) is 42.7 Å². The zero-order valence-electron chi connectivity index (χ0n) is 14.2. The molecule has 6 heteroatoms. The topological polar surface area (TPSA) is 63.2 Å². The molecule has 0 spiro atoms. The lowest BCUT2D eigenvalue weighted by molar-refractivity contribution is 0.0640. The number of aromatic nitrogens is 2. The standard InChI is InChI=1S/C20H18FN3O2/c21-10-13-5-7-14(8-6-13)18-9-15(22-12-23-18)11-24-19(25)16-3-1-2-4-17(16)20(24)26/h1-4,7,9,12-13H,5-6,8,10-11H2. The van der Waals surface area contributed by atoms with Crippen molar-refractivity contribution in [2.45, 2.75) is 25.8 Å². The summed E-state index contributed by atoms with van der Waals surface area (Å²) < 4.78 is 12.8. The summed E-state index contributed by atoms with van der Waals surface area (Å²) in [5.41, 5.74) is 3.32. The highest BCUT2D eigenvalue weighted by Crippen LogP contribution is 2.30. The van der Waals surface area contributed by atoms with Crippen LogP contribution >= 0.6 is 0 Å². The maximum absolute atomic E-state index is 12.8. The molecule has 5 nitrogen and oxygen atoms in total. The van der Waals surface area contributed by atoms with Crippen molar-refractivity contribution in [2.24, 2.45) is 5.92 Å². The van der Waals surface area contributed by atoms with Crippen LogP contribution in [0.2, 0.25) is 0 Å². The van der Waals surface area contributed by atoms with Crippen molar-refractivity contribution in [1.82, 2.24) is 14.9 Å². The quantitative estimate of drug-likeness (QED) is 0.792. The van der Waals surface area contributed by atoms with Crippen molar-refractivity contribution in [1.29, 1.82) is 0 Å². The number of rotatable bonds is 4. The summed E-state index contributed by atoms with van der Waals surface area (Å²) in [5.74, 6) is -0.500. The van der Waals surface area contributed by atoms with E-state index < -0.39 is 0 Å². The van der Waals surface area contributed by atoms with Crippen molar-refractivity contribution in [3.63, 3.8) is 0 Å². The van der Waals surface area contributed by atoms with Gasteiger partial charge >= 0.3 is 0 Å². The fraction of sp³-hybridized carbons (Fsp3) is 0.300. The van der Waals surface area contributed by atoms with E-state index in [0.717, 1.165) is 24.1 Å². The van der Waals surface area contributed by atoms with Gasteiger partial charge < -0.3 is 0 Å². The predicted octanol–water partition coefficient (Wildman–Crippen LogP) is 3.43. The van der Waals surface area contributed by atoms with Gasteiger partial charge in [-0.25, -0.2) is 9.97 Å². The summed E-state index contributed by atoms with van der Waals surface area (Å²) in [6.07, 6.45) is 5.77. The van der Waals surface area contributed by atoms with Crippen molar-refractivity contribution in [3.8, 4) is 0 Å². The highest BCUT2D eigenvalue weighted by atomic mass is 19.1. The minimum Gasteiger partial charge on any atom is -0.269 e. The molecule has 2 aromatic rings. The number of allylic oxidation sites excluding steroid dienone is 2. The molecule has 1 atom stereocenters. The third-order valence-electron chi connectivity index (χ3n) is 4.99. The van der Waals surface area contributed by atoms with E-state index in [2.05, 4.69) is 9.97 Å². The van der Waals surface area contributed by atoms with E-state index in [1.807, 2.05) is 12.1 Å². The number of amides is 2. The Bertz CT molecular complexity index is 874. The van der Waals surface area contributed by atoms with E-state index in [0.29, 0.717) is 23.2 Å². The molecule has 0 radical (unpaired) electrons. The number of alkyl halides is 1. The van der Waals surface area contributed by atoms with Gasteiger partial charge in [0.05, 0.1) is 35.7 Å². The van der Waals surface area contributed by atoms with Crippen LogP contribution in [0.1, 0.15) is 51.4 Å². The molecular weight excluding hydrogens is 333 g/mol.